The first-order valence-corrected chi connectivity index (χ1v) is 6.22. The van der Waals surface area contributed by atoms with Crippen molar-refractivity contribution in [3.8, 4) is 0 Å². The number of benzene rings is 1. The molecule has 0 heterocycles. The maximum absolute atomic E-state index is 12.2. The first kappa shape index (κ1) is 14.1. The van der Waals surface area contributed by atoms with Gasteiger partial charge in [-0.05, 0) is 44.5 Å². The van der Waals surface area contributed by atoms with Crippen LogP contribution in [0.2, 0.25) is 0 Å². The number of hydrogen-bond acceptors (Lipinski definition) is 3. The second-order valence-corrected chi connectivity index (χ2v) is 4.73. The lowest BCUT2D eigenvalue weighted by molar-refractivity contribution is 0.0693. The molecule has 0 saturated heterocycles. The summed E-state index contributed by atoms with van der Waals surface area (Å²) in [6, 6.07) is 7.30. The minimum Gasteiger partial charge on any atom is -0.396 e. The van der Waals surface area contributed by atoms with Gasteiger partial charge in [0.25, 0.3) is 5.91 Å². The van der Waals surface area contributed by atoms with Crippen molar-refractivity contribution in [1.82, 2.24) is 4.90 Å². The molecule has 4 heteroatoms. The predicted octanol–water partition coefficient (Wildman–Crippen LogP) is 2.21. The third-order valence-electron chi connectivity index (χ3n) is 2.56. The Labute approximate surface area is 108 Å². The molecule has 1 amide bonds. The molecule has 0 saturated carbocycles. The third kappa shape index (κ3) is 4.06. The van der Waals surface area contributed by atoms with Gasteiger partial charge >= 0.3 is 0 Å². The molecule has 0 aromatic heterocycles. The van der Waals surface area contributed by atoms with Crippen LogP contribution in [0, 0.1) is 0 Å². The number of nitrogens with zero attached hydrogens (tertiary/aromatic N) is 1. The standard InChI is InChI=1S/C13H19NO2S/c1-10(2)14(8-3-9-15)13(16)11-4-6-12(17)7-5-11/h4-7,10,15,17H,3,8-9H2,1-2H3. The molecule has 3 nitrogen and oxygen atoms in total. The van der Waals surface area contributed by atoms with E-state index < -0.39 is 0 Å². The Balaban J connectivity index is 2.80. The number of aliphatic hydroxyl groups is 1. The minimum atomic E-state index is 0.00165. The number of aliphatic hydroxyl groups excluding tert-OH is 1. The summed E-state index contributed by atoms with van der Waals surface area (Å²) < 4.78 is 0. The van der Waals surface area contributed by atoms with Gasteiger partial charge in [0.15, 0.2) is 0 Å². The fourth-order valence-electron chi connectivity index (χ4n) is 1.61. The lowest BCUT2D eigenvalue weighted by Crippen LogP contribution is -2.38. The van der Waals surface area contributed by atoms with Crippen LogP contribution in [0.1, 0.15) is 30.6 Å². The van der Waals surface area contributed by atoms with E-state index in [1.54, 1.807) is 29.2 Å². The first-order chi connectivity index (χ1) is 8.06. The molecular weight excluding hydrogens is 234 g/mol. The molecule has 0 aliphatic carbocycles. The Morgan fingerprint density at radius 1 is 1.35 bits per heavy atom. The fourth-order valence-corrected chi connectivity index (χ4v) is 1.75. The number of thiol groups is 1. The zero-order chi connectivity index (χ0) is 12.8. The zero-order valence-electron chi connectivity index (χ0n) is 10.3. The first-order valence-electron chi connectivity index (χ1n) is 5.77. The Bertz CT molecular complexity index is 362. The van der Waals surface area contributed by atoms with Gasteiger partial charge < -0.3 is 10.0 Å². The SMILES string of the molecule is CC(C)N(CCCO)C(=O)c1ccc(S)cc1. The number of carbonyl (C=O) groups excluding carboxylic acids is 1. The summed E-state index contributed by atoms with van der Waals surface area (Å²) in [5, 5.41) is 8.84. The van der Waals surface area contributed by atoms with E-state index in [0.717, 1.165) is 4.90 Å². The van der Waals surface area contributed by atoms with E-state index in [9.17, 15) is 4.79 Å². The average molecular weight is 253 g/mol. The number of rotatable bonds is 5. The van der Waals surface area contributed by atoms with Crippen LogP contribution in [0.15, 0.2) is 29.2 Å². The lowest BCUT2D eigenvalue weighted by Gasteiger charge is -2.26. The van der Waals surface area contributed by atoms with Gasteiger partial charge in [-0.3, -0.25) is 4.79 Å². The van der Waals surface area contributed by atoms with Crippen LogP contribution >= 0.6 is 12.6 Å². The van der Waals surface area contributed by atoms with Crippen molar-refractivity contribution in [2.75, 3.05) is 13.2 Å². The van der Waals surface area contributed by atoms with Crippen LogP contribution in [0.4, 0.5) is 0 Å². The van der Waals surface area contributed by atoms with Crippen LogP contribution in [0.5, 0.6) is 0 Å². The average Bonchev–Trinajstić information content (AvgIpc) is 2.29. The van der Waals surface area contributed by atoms with Gasteiger partial charge in [0.2, 0.25) is 0 Å². The third-order valence-corrected chi connectivity index (χ3v) is 2.85. The molecule has 0 unspecified atom stereocenters. The quantitative estimate of drug-likeness (QED) is 0.790. The monoisotopic (exact) mass is 253 g/mol. The zero-order valence-corrected chi connectivity index (χ0v) is 11.2. The van der Waals surface area contributed by atoms with Crippen LogP contribution in [-0.2, 0) is 0 Å². The smallest absolute Gasteiger partial charge is 0.254 e. The highest BCUT2D eigenvalue weighted by Crippen LogP contribution is 2.12. The van der Waals surface area contributed by atoms with Crippen LogP contribution in [-0.4, -0.2) is 35.1 Å². The number of amides is 1. The molecule has 1 rings (SSSR count). The molecule has 0 radical (unpaired) electrons. The molecule has 1 aromatic rings. The highest BCUT2D eigenvalue weighted by molar-refractivity contribution is 7.80. The summed E-state index contributed by atoms with van der Waals surface area (Å²) in [6.07, 6.45) is 0.606. The molecule has 94 valence electrons. The normalized spacial score (nSPS) is 10.6. The van der Waals surface area contributed by atoms with Gasteiger partial charge in [-0.15, -0.1) is 12.6 Å². The van der Waals surface area contributed by atoms with Crippen molar-refractivity contribution in [2.24, 2.45) is 0 Å². The Kier molecular flexibility index (Phi) is 5.51. The summed E-state index contributed by atoms with van der Waals surface area (Å²) in [5.74, 6) is 0.00165. The van der Waals surface area contributed by atoms with E-state index in [-0.39, 0.29) is 18.6 Å². The topological polar surface area (TPSA) is 40.5 Å². The molecule has 0 bridgehead atoms. The molecule has 0 atom stereocenters. The number of hydrogen-bond donors (Lipinski definition) is 2. The summed E-state index contributed by atoms with van der Waals surface area (Å²) >= 11 is 4.19. The van der Waals surface area contributed by atoms with Crippen molar-refractivity contribution in [1.29, 1.82) is 0 Å². The summed E-state index contributed by atoms with van der Waals surface area (Å²) in [7, 11) is 0. The molecule has 17 heavy (non-hydrogen) atoms. The van der Waals surface area contributed by atoms with Crippen molar-refractivity contribution in [2.45, 2.75) is 31.2 Å². The Hall–Kier alpha value is -1.00. The largest absolute Gasteiger partial charge is 0.396 e. The van der Waals surface area contributed by atoms with Gasteiger partial charge in [0.05, 0.1) is 0 Å². The van der Waals surface area contributed by atoms with Crippen molar-refractivity contribution < 1.29 is 9.90 Å². The van der Waals surface area contributed by atoms with E-state index >= 15 is 0 Å². The van der Waals surface area contributed by atoms with E-state index in [4.69, 9.17) is 5.11 Å². The second kappa shape index (κ2) is 6.67. The fraction of sp³-hybridized carbons (Fsp3) is 0.462. The molecule has 1 aromatic carbocycles. The predicted molar refractivity (Wildman–Crippen MR) is 71.6 cm³/mol. The maximum Gasteiger partial charge on any atom is 0.254 e. The summed E-state index contributed by atoms with van der Waals surface area (Å²) in [6.45, 7) is 4.63. The highest BCUT2D eigenvalue weighted by Gasteiger charge is 2.17. The van der Waals surface area contributed by atoms with E-state index in [1.165, 1.54) is 0 Å². The molecule has 0 spiro atoms. The van der Waals surface area contributed by atoms with E-state index in [1.807, 2.05) is 13.8 Å². The van der Waals surface area contributed by atoms with E-state index in [2.05, 4.69) is 12.6 Å². The maximum atomic E-state index is 12.2. The van der Waals surface area contributed by atoms with Gasteiger partial charge in [0, 0.05) is 29.7 Å². The van der Waals surface area contributed by atoms with Gasteiger partial charge in [0.1, 0.15) is 0 Å². The van der Waals surface area contributed by atoms with Crippen molar-refractivity contribution >= 4 is 18.5 Å². The van der Waals surface area contributed by atoms with Gasteiger partial charge in [-0.2, -0.15) is 0 Å². The molecule has 1 N–H and O–H groups in total. The van der Waals surface area contributed by atoms with Gasteiger partial charge in [-0.25, -0.2) is 0 Å². The summed E-state index contributed by atoms with van der Waals surface area (Å²) in [5.41, 5.74) is 0.662. The number of carbonyl (C=O) groups is 1. The second-order valence-electron chi connectivity index (χ2n) is 4.22. The van der Waals surface area contributed by atoms with E-state index in [0.29, 0.717) is 18.5 Å². The van der Waals surface area contributed by atoms with Crippen LogP contribution in [0.25, 0.3) is 0 Å². The molecule has 0 aliphatic heterocycles. The molecule has 0 fully saturated rings. The lowest BCUT2D eigenvalue weighted by atomic mass is 10.1. The van der Waals surface area contributed by atoms with Gasteiger partial charge in [-0.1, -0.05) is 0 Å². The summed E-state index contributed by atoms with van der Waals surface area (Å²) in [4.78, 5) is 14.8. The molecular formula is C13H19NO2S. The van der Waals surface area contributed by atoms with Crippen LogP contribution in [0.3, 0.4) is 0 Å². The van der Waals surface area contributed by atoms with Crippen molar-refractivity contribution in [3.63, 3.8) is 0 Å². The molecule has 0 aliphatic rings. The van der Waals surface area contributed by atoms with Crippen molar-refractivity contribution in [3.05, 3.63) is 29.8 Å². The highest BCUT2D eigenvalue weighted by atomic mass is 32.1. The Morgan fingerprint density at radius 2 is 1.94 bits per heavy atom. The Morgan fingerprint density at radius 3 is 2.41 bits per heavy atom. The minimum absolute atomic E-state index is 0.00165. The van der Waals surface area contributed by atoms with Crippen LogP contribution < -0.4 is 0 Å².